The first kappa shape index (κ1) is 19.9. The molecule has 0 spiro atoms. The van der Waals surface area contributed by atoms with Crippen molar-refractivity contribution in [1.82, 2.24) is 19.7 Å². The summed E-state index contributed by atoms with van der Waals surface area (Å²) >= 11 is 0. The average molecular weight is 384 g/mol. The molecular weight excluding hydrogens is 369 g/mol. The van der Waals surface area contributed by atoms with Crippen molar-refractivity contribution >= 4 is 23.0 Å². The Bertz CT molecular complexity index is 948. The molecule has 1 atom stereocenters. The zero-order valence-electron chi connectivity index (χ0n) is 14.2. The van der Waals surface area contributed by atoms with Gasteiger partial charge in [0.15, 0.2) is 0 Å². The van der Waals surface area contributed by atoms with Gasteiger partial charge >= 0.3 is 18.1 Å². The number of halogens is 3. The zero-order valence-corrected chi connectivity index (χ0v) is 14.2. The molecule has 0 bridgehead atoms. The Hall–Kier alpha value is -3.37. The number of carboxylic acid groups (broad SMARTS) is 1. The van der Waals surface area contributed by atoms with Crippen LogP contribution in [0.15, 0.2) is 36.9 Å². The van der Waals surface area contributed by atoms with Crippen molar-refractivity contribution in [2.75, 3.05) is 7.11 Å². The van der Waals surface area contributed by atoms with Gasteiger partial charge in [0.05, 0.1) is 13.3 Å². The number of hydrogen-bond acceptors (Lipinski definition) is 5. The minimum atomic E-state index is -5.08. The van der Waals surface area contributed by atoms with Gasteiger partial charge in [0.25, 0.3) is 0 Å². The second-order valence-electron chi connectivity index (χ2n) is 5.31. The summed E-state index contributed by atoms with van der Waals surface area (Å²) < 4.78 is 38.1. The quantitative estimate of drug-likeness (QED) is 0.672. The van der Waals surface area contributed by atoms with Gasteiger partial charge in [0, 0.05) is 29.5 Å². The SMILES string of the molecule is COC(=O)C(C)n1cc(-c2ccnc3[nH]ccc23)cn1.O=C(O)C(F)(F)F. The highest BCUT2D eigenvalue weighted by Gasteiger charge is 2.38. The predicted molar refractivity (Wildman–Crippen MR) is 87.7 cm³/mol. The van der Waals surface area contributed by atoms with Crippen molar-refractivity contribution < 1.29 is 32.6 Å². The van der Waals surface area contributed by atoms with Crippen LogP contribution in [0.2, 0.25) is 0 Å². The number of fused-ring (bicyclic) bond motifs is 1. The molecular formula is C16H15F3N4O4. The number of nitrogens with zero attached hydrogens (tertiary/aromatic N) is 3. The van der Waals surface area contributed by atoms with Gasteiger partial charge in [-0.2, -0.15) is 18.3 Å². The minimum absolute atomic E-state index is 0.318. The van der Waals surface area contributed by atoms with Gasteiger partial charge in [-0.1, -0.05) is 0 Å². The van der Waals surface area contributed by atoms with Gasteiger partial charge in [-0.05, 0) is 24.6 Å². The summed E-state index contributed by atoms with van der Waals surface area (Å²) in [5.74, 6) is -3.08. The van der Waals surface area contributed by atoms with E-state index in [2.05, 4.69) is 15.1 Å². The fraction of sp³-hybridized carbons (Fsp3) is 0.250. The lowest BCUT2D eigenvalue weighted by Crippen LogP contribution is -2.21. The molecule has 0 aliphatic carbocycles. The van der Waals surface area contributed by atoms with Crippen molar-refractivity contribution in [3.63, 3.8) is 0 Å². The predicted octanol–water partition coefficient (Wildman–Crippen LogP) is 2.79. The summed E-state index contributed by atoms with van der Waals surface area (Å²) in [6.45, 7) is 1.75. The molecule has 27 heavy (non-hydrogen) atoms. The number of aromatic nitrogens is 4. The fourth-order valence-electron chi connectivity index (χ4n) is 2.18. The molecule has 3 aromatic heterocycles. The Balaban J connectivity index is 0.000000321. The first-order valence-corrected chi connectivity index (χ1v) is 7.49. The molecule has 8 nitrogen and oxygen atoms in total. The number of aliphatic carboxylic acids is 1. The summed E-state index contributed by atoms with van der Waals surface area (Å²) in [5.41, 5.74) is 2.79. The van der Waals surface area contributed by atoms with Crippen molar-refractivity contribution in [1.29, 1.82) is 0 Å². The van der Waals surface area contributed by atoms with E-state index in [1.807, 2.05) is 24.5 Å². The molecule has 3 aromatic rings. The molecule has 3 rings (SSSR count). The third-order valence-electron chi connectivity index (χ3n) is 3.55. The number of ether oxygens (including phenoxy) is 1. The number of carboxylic acids is 1. The number of alkyl halides is 3. The van der Waals surface area contributed by atoms with Crippen LogP contribution < -0.4 is 0 Å². The van der Waals surface area contributed by atoms with E-state index in [-0.39, 0.29) is 5.97 Å². The van der Waals surface area contributed by atoms with Gasteiger partial charge in [0.2, 0.25) is 0 Å². The summed E-state index contributed by atoms with van der Waals surface area (Å²) in [7, 11) is 1.37. The highest BCUT2D eigenvalue weighted by atomic mass is 19.4. The van der Waals surface area contributed by atoms with E-state index in [4.69, 9.17) is 14.6 Å². The topological polar surface area (TPSA) is 110 Å². The number of nitrogens with one attached hydrogen (secondary N) is 1. The molecule has 0 aliphatic rings. The van der Waals surface area contributed by atoms with E-state index < -0.39 is 18.2 Å². The molecule has 144 valence electrons. The van der Waals surface area contributed by atoms with E-state index in [1.165, 1.54) is 7.11 Å². The minimum Gasteiger partial charge on any atom is -0.475 e. The smallest absolute Gasteiger partial charge is 0.475 e. The third-order valence-corrected chi connectivity index (χ3v) is 3.55. The van der Waals surface area contributed by atoms with Crippen LogP contribution in [-0.4, -0.2) is 50.1 Å². The standard InChI is InChI=1S/C14H14N4O2.C2HF3O2/c1-9(14(19)20-2)18-8-10(7-17-18)11-3-5-15-13-12(11)4-6-16-13;3-2(4,5)1(6)7/h3-9H,1-2H3,(H,15,16);(H,6,7). The lowest BCUT2D eigenvalue weighted by atomic mass is 10.1. The van der Waals surface area contributed by atoms with Crippen LogP contribution in [0.3, 0.4) is 0 Å². The van der Waals surface area contributed by atoms with E-state index in [0.717, 1.165) is 22.2 Å². The summed E-state index contributed by atoms with van der Waals surface area (Å²) in [6, 6.07) is 3.45. The summed E-state index contributed by atoms with van der Waals surface area (Å²) in [5, 5.41) is 12.4. The Kier molecular flexibility index (Phi) is 5.83. The van der Waals surface area contributed by atoms with Crippen LogP contribution in [0.1, 0.15) is 13.0 Å². The summed E-state index contributed by atoms with van der Waals surface area (Å²) in [6.07, 6.45) is 2.09. The molecule has 0 amide bonds. The van der Waals surface area contributed by atoms with E-state index in [9.17, 15) is 18.0 Å². The molecule has 0 fully saturated rings. The Morgan fingerprint density at radius 3 is 2.59 bits per heavy atom. The van der Waals surface area contributed by atoms with Crippen LogP contribution in [0.5, 0.6) is 0 Å². The number of aromatic amines is 1. The average Bonchev–Trinajstić information content (AvgIpc) is 3.29. The second-order valence-corrected chi connectivity index (χ2v) is 5.31. The number of carbonyl (C=O) groups excluding carboxylic acids is 1. The molecule has 3 heterocycles. The van der Waals surface area contributed by atoms with Crippen molar-refractivity contribution in [2.24, 2.45) is 0 Å². The first-order valence-electron chi connectivity index (χ1n) is 7.49. The number of carbonyl (C=O) groups is 2. The van der Waals surface area contributed by atoms with Crippen LogP contribution >= 0.6 is 0 Å². The number of rotatable bonds is 3. The maximum Gasteiger partial charge on any atom is 0.490 e. The Morgan fingerprint density at radius 1 is 1.33 bits per heavy atom. The number of H-pyrrole nitrogens is 1. The van der Waals surface area contributed by atoms with Crippen LogP contribution in [0, 0.1) is 0 Å². The van der Waals surface area contributed by atoms with Crippen molar-refractivity contribution in [3.05, 3.63) is 36.9 Å². The largest absolute Gasteiger partial charge is 0.490 e. The number of hydrogen-bond donors (Lipinski definition) is 2. The van der Waals surface area contributed by atoms with E-state index in [0.29, 0.717) is 0 Å². The van der Waals surface area contributed by atoms with Crippen LogP contribution in [-0.2, 0) is 14.3 Å². The molecule has 2 N–H and O–H groups in total. The maximum atomic E-state index is 11.5. The van der Waals surface area contributed by atoms with E-state index >= 15 is 0 Å². The number of pyridine rings is 1. The van der Waals surface area contributed by atoms with Gasteiger partial charge in [-0.15, -0.1) is 0 Å². The Labute approximate surface area is 150 Å². The van der Waals surface area contributed by atoms with Crippen molar-refractivity contribution in [2.45, 2.75) is 19.1 Å². The highest BCUT2D eigenvalue weighted by molar-refractivity contribution is 5.92. The third kappa shape index (κ3) is 4.63. The fourth-order valence-corrected chi connectivity index (χ4v) is 2.18. The normalized spacial score (nSPS) is 12.2. The Morgan fingerprint density at radius 2 is 2.00 bits per heavy atom. The molecule has 0 radical (unpaired) electrons. The van der Waals surface area contributed by atoms with E-state index in [1.54, 1.807) is 24.0 Å². The monoisotopic (exact) mass is 384 g/mol. The molecule has 0 aliphatic heterocycles. The summed E-state index contributed by atoms with van der Waals surface area (Å²) in [4.78, 5) is 27.8. The van der Waals surface area contributed by atoms with Gasteiger partial charge < -0.3 is 14.8 Å². The molecule has 11 heteroatoms. The highest BCUT2D eigenvalue weighted by Crippen LogP contribution is 2.27. The van der Waals surface area contributed by atoms with Crippen molar-refractivity contribution in [3.8, 4) is 11.1 Å². The molecule has 1 unspecified atom stereocenters. The maximum absolute atomic E-state index is 11.5. The van der Waals surface area contributed by atoms with Gasteiger partial charge in [-0.3, -0.25) is 4.68 Å². The van der Waals surface area contributed by atoms with Gasteiger partial charge in [0.1, 0.15) is 11.7 Å². The first-order chi connectivity index (χ1) is 12.6. The second kappa shape index (κ2) is 7.89. The number of esters is 1. The van der Waals surface area contributed by atoms with Gasteiger partial charge in [-0.25, -0.2) is 14.6 Å². The lowest BCUT2D eigenvalue weighted by Gasteiger charge is -2.08. The molecule has 0 saturated heterocycles. The lowest BCUT2D eigenvalue weighted by molar-refractivity contribution is -0.192. The van der Waals surface area contributed by atoms with Crippen LogP contribution in [0.25, 0.3) is 22.2 Å². The molecule has 0 saturated carbocycles. The van der Waals surface area contributed by atoms with Crippen LogP contribution in [0.4, 0.5) is 13.2 Å². The number of methoxy groups -OCH3 is 1. The zero-order chi connectivity index (χ0) is 20.2. The molecule has 0 aromatic carbocycles.